The Morgan fingerprint density at radius 3 is 2.95 bits per heavy atom. The van der Waals surface area contributed by atoms with Crippen molar-refractivity contribution in [1.29, 1.82) is 0 Å². The fourth-order valence-corrected chi connectivity index (χ4v) is 3.23. The lowest BCUT2D eigenvalue weighted by atomic mass is 10.0. The maximum Gasteiger partial charge on any atom is 0.138 e. The van der Waals surface area contributed by atoms with E-state index in [1.165, 1.54) is 0 Å². The van der Waals surface area contributed by atoms with Crippen molar-refractivity contribution < 1.29 is 9.84 Å². The number of halogens is 1. The summed E-state index contributed by atoms with van der Waals surface area (Å²) in [6.45, 7) is 1.22. The number of hydrogen-bond acceptors (Lipinski definition) is 4. The van der Waals surface area contributed by atoms with Gasteiger partial charge in [0, 0.05) is 30.5 Å². The number of aliphatic hydroxyl groups excluding tert-OH is 1. The number of para-hydroxylation sites is 1. The van der Waals surface area contributed by atoms with Crippen molar-refractivity contribution in [2.24, 2.45) is 0 Å². The van der Waals surface area contributed by atoms with Gasteiger partial charge in [-0.15, -0.1) is 0 Å². The monoisotopic (exact) mass is 362 g/mol. The Bertz CT molecular complexity index is 621. The van der Waals surface area contributed by atoms with Crippen LogP contribution in [0.15, 0.2) is 47.2 Å². The number of ether oxygens (including phenoxy) is 1. The van der Waals surface area contributed by atoms with Crippen LogP contribution in [0.2, 0.25) is 0 Å². The average molecular weight is 363 g/mol. The molecule has 5 heteroatoms. The molecule has 0 amide bonds. The van der Waals surface area contributed by atoms with Crippen LogP contribution in [-0.2, 0) is 0 Å². The zero-order chi connectivity index (χ0) is 15.4. The fourth-order valence-electron chi connectivity index (χ4n) is 2.74. The molecule has 0 saturated heterocycles. The molecule has 0 aliphatic carbocycles. The summed E-state index contributed by atoms with van der Waals surface area (Å²) < 4.78 is 6.82. The van der Waals surface area contributed by atoms with Gasteiger partial charge in [0.15, 0.2) is 0 Å². The number of rotatable bonds is 4. The molecule has 1 aromatic carbocycles. The summed E-state index contributed by atoms with van der Waals surface area (Å²) in [6, 6.07) is 9.97. The minimum Gasteiger partial charge on any atom is -0.492 e. The molecule has 2 atom stereocenters. The van der Waals surface area contributed by atoms with Crippen LogP contribution in [0.3, 0.4) is 0 Å². The van der Waals surface area contributed by atoms with Crippen LogP contribution in [0.1, 0.15) is 36.1 Å². The molecule has 116 valence electrons. The number of hydrogen-bond donors (Lipinski definition) is 2. The molecule has 1 aromatic heterocycles. The third-order valence-corrected chi connectivity index (χ3v) is 4.53. The molecule has 0 fully saturated rings. The van der Waals surface area contributed by atoms with E-state index in [1.807, 2.05) is 24.3 Å². The van der Waals surface area contributed by atoms with Gasteiger partial charge in [0.25, 0.3) is 0 Å². The van der Waals surface area contributed by atoms with E-state index >= 15 is 0 Å². The number of nitrogens with one attached hydrogen (secondary N) is 1. The number of nitrogens with zero attached hydrogens (tertiary/aromatic N) is 1. The summed E-state index contributed by atoms with van der Waals surface area (Å²) in [6.07, 6.45) is 4.84. The molecule has 1 aliphatic rings. The van der Waals surface area contributed by atoms with E-state index in [4.69, 9.17) is 4.74 Å². The van der Waals surface area contributed by atoms with Gasteiger partial charge in [-0.2, -0.15) is 0 Å². The van der Waals surface area contributed by atoms with E-state index in [0.717, 1.165) is 40.8 Å². The first kappa shape index (κ1) is 15.5. The molecule has 22 heavy (non-hydrogen) atoms. The summed E-state index contributed by atoms with van der Waals surface area (Å²) >= 11 is 3.55. The van der Waals surface area contributed by atoms with Gasteiger partial charge in [-0.25, -0.2) is 0 Å². The van der Waals surface area contributed by atoms with Crippen LogP contribution in [0.4, 0.5) is 0 Å². The smallest absolute Gasteiger partial charge is 0.138 e. The van der Waals surface area contributed by atoms with Crippen molar-refractivity contribution in [2.75, 3.05) is 13.2 Å². The number of aliphatic hydroxyl groups is 1. The lowest BCUT2D eigenvalue weighted by molar-refractivity contribution is 0.169. The molecular formula is C17H19BrN2O2. The van der Waals surface area contributed by atoms with E-state index in [1.54, 1.807) is 12.4 Å². The van der Waals surface area contributed by atoms with Crippen LogP contribution < -0.4 is 10.1 Å². The van der Waals surface area contributed by atoms with Crippen molar-refractivity contribution in [3.05, 3.63) is 58.3 Å². The Labute approximate surface area is 138 Å². The Kier molecular flexibility index (Phi) is 5.08. The maximum absolute atomic E-state index is 10.3. The van der Waals surface area contributed by atoms with Crippen LogP contribution >= 0.6 is 15.9 Å². The standard InChI is InChI=1S/C17H19BrN2O2/c18-14-4-1-3-13-15(5-2-10-22-17(13)14)20-11-16(21)12-6-8-19-9-7-12/h1,3-4,6-9,15-16,20-21H,2,5,10-11H2/t15-,16+/m0/s1. The molecular weight excluding hydrogens is 344 g/mol. The Hall–Kier alpha value is -1.43. The Morgan fingerprint density at radius 1 is 1.32 bits per heavy atom. The third-order valence-electron chi connectivity index (χ3n) is 3.90. The summed E-state index contributed by atoms with van der Waals surface area (Å²) in [7, 11) is 0. The molecule has 0 unspecified atom stereocenters. The number of pyridine rings is 1. The first-order valence-electron chi connectivity index (χ1n) is 7.48. The third kappa shape index (κ3) is 3.48. The second-order valence-corrected chi connectivity index (χ2v) is 6.26. The number of aromatic nitrogens is 1. The van der Waals surface area contributed by atoms with Gasteiger partial charge in [-0.1, -0.05) is 12.1 Å². The topological polar surface area (TPSA) is 54.4 Å². The van der Waals surface area contributed by atoms with Gasteiger partial charge < -0.3 is 15.2 Å². The van der Waals surface area contributed by atoms with Crippen molar-refractivity contribution in [3.8, 4) is 5.75 Å². The second kappa shape index (κ2) is 7.22. The average Bonchev–Trinajstić information content (AvgIpc) is 2.77. The van der Waals surface area contributed by atoms with E-state index in [-0.39, 0.29) is 6.04 Å². The molecule has 0 radical (unpaired) electrons. The van der Waals surface area contributed by atoms with Gasteiger partial charge in [-0.3, -0.25) is 4.98 Å². The van der Waals surface area contributed by atoms with Gasteiger partial charge in [0.1, 0.15) is 5.75 Å². The molecule has 2 N–H and O–H groups in total. The highest BCUT2D eigenvalue weighted by Gasteiger charge is 2.22. The van der Waals surface area contributed by atoms with Crippen LogP contribution in [0.5, 0.6) is 5.75 Å². The molecule has 4 nitrogen and oxygen atoms in total. The number of fused-ring (bicyclic) bond motifs is 1. The van der Waals surface area contributed by atoms with Gasteiger partial charge >= 0.3 is 0 Å². The molecule has 0 saturated carbocycles. The minimum absolute atomic E-state index is 0.187. The summed E-state index contributed by atoms with van der Waals surface area (Å²) in [5.41, 5.74) is 2.02. The normalized spacial score (nSPS) is 18.9. The first-order chi connectivity index (χ1) is 10.8. The minimum atomic E-state index is -0.539. The van der Waals surface area contributed by atoms with Crippen molar-refractivity contribution in [3.63, 3.8) is 0 Å². The van der Waals surface area contributed by atoms with Gasteiger partial charge in [0.2, 0.25) is 0 Å². The maximum atomic E-state index is 10.3. The summed E-state index contributed by atoms with van der Waals surface area (Å²) in [5.74, 6) is 0.913. The summed E-state index contributed by atoms with van der Waals surface area (Å²) in [5, 5.41) is 13.8. The molecule has 0 spiro atoms. The van der Waals surface area contributed by atoms with Crippen molar-refractivity contribution in [1.82, 2.24) is 10.3 Å². The zero-order valence-corrected chi connectivity index (χ0v) is 13.8. The molecule has 2 heterocycles. The van der Waals surface area contributed by atoms with Crippen LogP contribution in [0.25, 0.3) is 0 Å². The Morgan fingerprint density at radius 2 is 2.14 bits per heavy atom. The quantitative estimate of drug-likeness (QED) is 0.875. The van der Waals surface area contributed by atoms with E-state index in [0.29, 0.717) is 6.54 Å². The van der Waals surface area contributed by atoms with E-state index in [9.17, 15) is 5.11 Å². The van der Waals surface area contributed by atoms with E-state index < -0.39 is 6.10 Å². The second-order valence-electron chi connectivity index (χ2n) is 5.41. The highest BCUT2D eigenvalue weighted by molar-refractivity contribution is 9.10. The SMILES string of the molecule is O[C@H](CN[C@H]1CCCOc2c(Br)cccc21)c1ccncc1. The Balaban J connectivity index is 1.72. The highest BCUT2D eigenvalue weighted by Crippen LogP contribution is 2.37. The number of benzene rings is 1. The first-order valence-corrected chi connectivity index (χ1v) is 8.27. The highest BCUT2D eigenvalue weighted by atomic mass is 79.9. The van der Waals surface area contributed by atoms with Crippen molar-refractivity contribution >= 4 is 15.9 Å². The fraction of sp³-hybridized carbons (Fsp3) is 0.353. The van der Waals surface area contributed by atoms with Crippen LogP contribution in [0, 0.1) is 0 Å². The van der Waals surface area contributed by atoms with Crippen LogP contribution in [-0.4, -0.2) is 23.2 Å². The summed E-state index contributed by atoms with van der Waals surface area (Å²) in [4.78, 5) is 3.98. The van der Waals surface area contributed by atoms with E-state index in [2.05, 4.69) is 32.3 Å². The van der Waals surface area contributed by atoms with Gasteiger partial charge in [-0.05, 0) is 52.5 Å². The molecule has 3 rings (SSSR count). The molecule has 2 aromatic rings. The molecule has 0 bridgehead atoms. The predicted octanol–water partition coefficient (Wildman–Crippen LogP) is 3.38. The zero-order valence-electron chi connectivity index (χ0n) is 12.2. The van der Waals surface area contributed by atoms with Gasteiger partial charge in [0.05, 0.1) is 17.2 Å². The van der Waals surface area contributed by atoms with Crippen molar-refractivity contribution in [2.45, 2.75) is 25.0 Å². The lowest BCUT2D eigenvalue weighted by Crippen LogP contribution is -2.26. The lowest BCUT2D eigenvalue weighted by Gasteiger charge is -2.21. The predicted molar refractivity (Wildman–Crippen MR) is 88.8 cm³/mol. The molecule has 1 aliphatic heterocycles. The largest absolute Gasteiger partial charge is 0.492 e.